The molecule has 146 valence electrons. The molecule has 1 aromatic carbocycles. The lowest BCUT2D eigenvalue weighted by molar-refractivity contribution is -0.112. The molecule has 0 heterocycles. The second kappa shape index (κ2) is 9.62. The average molecular weight is 372 g/mol. The molecule has 0 aliphatic rings. The summed E-state index contributed by atoms with van der Waals surface area (Å²) in [7, 11) is 0. The van der Waals surface area contributed by atoms with Gasteiger partial charge in [0, 0.05) is 25.0 Å². The van der Waals surface area contributed by atoms with Crippen LogP contribution in [0.1, 0.15) is 37.5 Å². The van der Waals surface area contributed by atoms with E-state index in [0.29, 0.717) is 18.8 Å². The van der Waals surface area contributed by atoms with Crippen LogP contribution in [-0.4, -0.2) is 30.7 Å². The number of rotatable bonds is 6. The van der Waals surface area contributed by atoms with Gasteiger partial charge >= 0.3 is 6.09 Å². The Morgan fingerprint density at radius 1 is 1.15 bits per heavy atom. The molecule has 0 atom stereocenters. The van der Waals surface area contributed by atoms with Crippen LogP contribution < -0.4 is 16.0 Å². The molecule has 0 saturated heterocycles. The SMILES string of the molecule is Cc1cc(C)c(NC(=O)/C(C#N)=C\NCCNC(=O)OC(C)(C)C)c(C)c1. The molecular weight excluding hydrogens is 344 g/mol. The lowest BCUT2D eigenvalue weighted by Gasteiger charge is -2.19. The lowest BCUT2D eigenvalue weighted by atomic mass is 10.0. The van der Waals surface area contributed by atoms with Gasteiger partial charge in [0.15, 0.2) is 0 Å². The van der Waals surface area contributed by atoms with Crippen LogP contribution in [0.25, 0.3) is 0 Å². The standard InChI is InChI=1S/C20H28N4O3/c1-13-9-14(2)17(15(3)10-13)24-18(25)16(11-21)12-22-7-8-23-19(26)27-20(4,5)6/h9-10,12,22H,7-8H2,1-6H3,(H,23,26)(H,24,25)/b16-12-. The number of benzene rings is 1. The molecule has 7 nitrogen and oxygen atoms in total. The van der Waals surface area contributed by atoms with Crippen LogP contribution in [0.2, 0.25) is 0 Å². The van der Waals surface area contributed by atoms with Gasteiger partial charge in [0.2, 0.25) is 0 Å². The summed E-state index contributed by atoms with van der Waals surface area (Å²) in [5, 5.41) is 17.4. The van der Waals surface area contributed by atoms with Crippen LogP contribution in [0.5, 0.6) is 0 Å². The molecule has 0 aromatic heterocycles. The number of nitrogens with zero attached hydrogens (tertiary/aromatic N) is 1. The van der Waals surface area contributed by atoms with Crippen molar-refractivity contribution in [1.29, 1.82) is 5.26 Å². The van der Waals surface area contributed by atoms with Crippen molar-refractivity contribution in [3.63, 3.8) is 0 Å². The molecule has 0 bridgehead atoms. The third-order valence-corrected chi connectivity index (χ3v) is 3.46. The zero-order valence-corrected chi connectivity index (χ0v) is 16.8. The van der Waals surface area contributed by atoms with E-state index in [1.165, 1.54) is 6.20 Å². The number of aryl methyl sites for hydroxylation is 3. The summed E-state index contributed by atoms with van der Waals surface area (Å²) in [4.78, 5) is 23.8. The van der Waals surface area contributed by atoms with E-state index < -0.39 is 17.6 Å². The van der Waals surface area contributed by atoms with Gasteiger partial charge in [-0.1, -0.05) is 17.7 Å². The van der Waals surface area contributed by atoms with Crippen LogP contribution >= 0.6 is 0 Å². The van der Waals surface area contributed by atoms with Crippen molar-refractivity contribution in [2.24, 2.45) is 0 Å². The van der Waals surface area contributed by atoms with E-state index in [2.05, 4.69) is 16.0 Å². The number of ether oxygens (including phenoxy) is 1. The van der Waals surface area contributed by atoms with E-state index in [1.807, 2.05) is 39.0 Å². The molecule has 0 radical (unpaired) electrons. The first-order valence-electron chi connectivity index (χ1n) is 8.73. The highest BCUT2D eigenvalue weighted by atomic mass is 16.6. The number of carbonyl (C=O) groups is 2. The van der Waals surface area contributed by atoms with E-state index in [1.54, 1.807) is 20.8 Å². The maximum absolute atomic E-state index is 12.3. The Hall–Kier alpha value is -3.01. The normalized spacial score (nSPS) is 11.4. The Balaban J connectivity index is 2.57. The molecule has 2 amide bonds. The van der Waals surface area contributed by atoms with Crippen LogP contribution in [0.3, 0.4) is 0 Å². The molecule has 3 N–H and O–H groups in total. The summed E-state index contributed by atoms with van der Waals surface area (Å²) in [5.41, 5.74) is 3.08. The zero-order valence-electron chi connectivity index (χ0n) is 16.8. The third kappa shape index (κ3) is 7.82. The molecule has 0 saturated carbocycles. The largest absolute Gasteiger partial charge is 0.444 e. The molecule has 7 heteroatoms. The number of nitriles is 1. The molecule has 0 aliphatic carbocycles. The summed E-state index contributed by atoms with van der Waals surface area (Å²) >= 11 is 0. The number of hydrogen-bond donors (Lipinski definition) is 3. The molecular formula is C20H28N4O3. The highest BCUT2D eigenvalue weighted by Crippen LogP contribution is 2.22. The number of amides is 2. The summed E-state index contributed by atoms with van der Waals surface area (Å²) in [5.74, 6) is -0.486. The van der Waals surface area contributed by atoms with E-state index in [4.69, 9.17) is 4.74 Å². The minimum Gasteiger partial charge on any atom is -0.444 e. The Labute approximate surface area is 160 Å². The predicted molar refractivity (Wildman–Crippen MR) is 105 cm³/mol. The van der Waals surface area contributed by atoms with Gasteiger partial charge in [0.1, 0.15) is 17.2 Å². The van der Waals surface area contributed by atoms with Crippen molar-refractivity contribution in [2.45, 2.75) is 47.1 Å². The zero-order chi connectivity index (χ0) is 20.6. The molecule has 0 unspecified atom stereocenters. The van der Waals surface area contributed by atoms with Crippen LogP contribution in [-0.2, 0) is 9.53 Å². The first-order valence-corrected chi connectivity index (χ1v) is 8.73. The first kappa shape index (κ1) is 22.0. The van der Waals surface area contributed by atoms with Gasteiger partial charge < -0.3 is 20.7 Å². The lowest BCUT2D eigenvalue weighted by Crippen LogP contribution is -2.35. The summed E-state index contributed by atoms with van der Waals surface area (Å²) < 4.78 is 5.11. The Bertz CT molecular complexity index is 747. The van der Waals surface area contributed by atoms with Crippen LogP contribution in [0.15, 0.2) is 23.9 Å². The van der Waals surface area contributed by atoms with Crippen molar-refractivity contribution in [3.05, 3.63) is 40.6 Å². The fraction of sp³-hybridized carbons (Fsp3) is 0.450. The first-order chi connectivity index (χ1) is 12.5. The van der Waals surface area contributed by atoms with Gasteiger partial charge in [-0.3, -0.25) is 4.79 Å². The Morgan fingerprint density at radius 2 is 1.74 bits per heavy atom. The summed E-state index contributed by atoms with van der Waals surface area (Å²) in [6, 6.07) is 5.82. The van der Waals surface area contributed by atoms with Gasteiger partial charge in [0.05, 0.1) is 0 Å². The van der Waals surface area contributed by atoms with Gasteiger partial charge in [-0.15, -0.1) is 0 Å². The molecule has 1 rings (SSSR count). The van der Waals surface area contributed by atoms with Crippen LogP contribution in [0.4, 0.5) is 10.5 Å². The maximum Gasteiger partial charge on any atom is 0.407 e. The van der Waals surface area contributed by atoms with Gasteiger partial charge in [-0.25, -0.2) is 4.79 Å². The van der Waals surface area contributed by atoms with E-state index in [0.717, 1.165) is 16.7 Å². The number of hydrogen-bond acceptors (Lipinski definition) is 5. The minimum atomic E-state index is -0.560. The van der Waals surface area contributed by atoms with Gasteiger partial charge in [-0.2, -0.15) is 5.26 Å². The quantitative estimate of drug-likeness (QED) is 0.404. The van der Waals surface area contributed by atoms with Crippen molar-refractivity contribution in [3.8, 4) is 6.07 Å². The second-order valence-corrected chi connectivity index (χ2v) is 7.28. The van der Waals surface area contributed by atoms with Crippen molar-refractivity contribution >= 4 is 17.7 Å². The van der Waals surface area contributed by atoms with Crippen molar-refractivity contribution in [2.75, 3.05) is 18.4 Å². The molecule has 0 spiro atoms. The van der Waals surface area contributed by atoms with Crippen molar-refractivity contribution in [1.82, 2.24) is 10.6 Å². The number of nitrogens with one attached hydrogen (secondary N) is 3. The third-order valence-electron chi connectivity index (χ3n) is 3.46. The average Bonchev–Trinajstić information content (AvgIpc) is 2.52. The second-order valence-electron chi connectivity index (χ2n) is 7.28. The molecule has 0 aliphatic heterocycles. The minimum absolute atomic E-state index is 0.0494. The monoisotopic (exact) mass is 372 g/mol. The van der Waals surface area contributed by atoms with Crippen molar-refractivity contribution < 1.29 is 14.3 Å². The Kier molecular flexibility index (Phi) is 7.85. The van der Waals surface area contributed by atoms with E-state index >= 15 is 0 Å². The van der Waals surface area contributed by atoms with E-state index in [-0.39, 0.29) is 5.57 Å². The fourth-order valence-electron chi connectivity index (χ4n) is 2.43. The number of anilines is 1. The highest BCUT2D eigenvalue weighted by Gasteiger charge is 2.15. The maximum atomic E-state index is 12.3. The molecule has 0 fully saturated rings. The van der Waals surface area contributed by atoms with E-state index in [9.17, 15) is 14.9 Å². The highest BCUT2D eigenvalue weighted by molar-refractivity contribution is 6.07. The summed E-state index contributed by atoms with van der Waals surface area (Å²) in [6.07, 6.45) is 0.821. The Morgan fingerprint density at radius 3 is 2.26 bits per heavy atom. The smallest absolute Gasteiger partial charge is 0.407 e. The van der Waals surface area contributed by atoms with Crippen LogP contribution in [0, 0.1) is 32.1 Å². The summed E-state index contributed by atoms with van der Waals surface area (Å²) in [6.45, 7) is 11.8. The molecule has 1 aromatic rings. The topological polar surface area (TPSA) is 103 Å². The number of alkyl carbamates (subject to hydrolysis) is 1. The molecule has 27 heavy (non-hydrogen) atoms. The van der Waals surface area contributed by atoms with Gasteiger partial charge in [0.25, 0.3) is 5.91 Å². The fourth-order valence-corrected chi connectivity index (χ4v) is 2.43. The number of carbonyl (C=O) groups excluding carboxylic acids is 2. The predicted octanol–water partition coefficient (Wildman–Crippen LogP) is 3.07. The van der Waals surface area contributed by atoms with Gasteiger partial charge in [-0.05, 0) is 52.7 Å².